The lowest BCUT2D eigenvalue weighted by molar-refractivity contribution is -0.126. The monoisotopic (exact) mass is 403 g/mol. The third-order valence-corrected chi connectivity index (χ3v) is 4.58. The topological polar surface area (TPSA) is 61.4 Å². The second kappa shape index (κ2) is 9.34. The van der Waals surface area contributed by atoms with Crippen LogP contribution >= 0.6 is 15.9 Å². The summed E-state index contributed by atoms with van der Waals surface area (Å²) in [5.41, 5.74) is 1.75. The maximum atomic E-state index is 12.3. The number of nitrogens with one attached hydrogen (secondary N) is 2. The van der Waals surface area contributed by atoms with Gasteiger partial charge in [0, 0.05) is 11.0 Å². The molecule has 132 valence electrons. The van der Waals surface area contributed by atoms with Gasteiger partial charge in [-0.25, -0.2) is 0 Å². The quantitative estimate of drug-likeness (QED) is 0.746. The molecule has 0 heterocycles. The van der Waals surface area contributed by atoms with Crippen molar-refractivity contribution in [2.24, 2.45) is 0 Å². The molecule has 0 aliphatic carbocycles. The summed E-state index contributed by atoms with van der Waals surface area (Å²) >= 11 is 3.39. The van der Waals surface area contributed by atoms with Gasteiger partial charge in [0.15, 0.2) is 0 Å². The summed E-state index contributed by atoms with van der Waals surface area (Å²) in [6, 6.07) is 16.7. The van der Waals surface area contributed by atoms with Crippen molar-refractivity contribution in [3.05, 3.63) is 64.6 Å². The summed E-state index contributed by atoms with van der Waals surface area (Å²) in [7, 11) is 1.76. The molecule has 1 atom stereocenters. The van der Waals surface area contributed by atoms with Gasteiger partial charge in [0.2, 0.25) is 11.8 Å². The van der Waals surface area contributed by atoms with Crippen LogP contribution in [0.3, 0.4) is 0 Å². The molecular formula is C19H22BrN3O2. The van der Waals surface area contributed by atoms with E-state index >= 15 is 0 Å². The van der Waals surface area contributed by atoms with Crippen molar-refractivity contribution in [2.75, 3.05) is 18.9 Å². The van der Waals surface area contributed by atoms with Crippen LogP contribution in [0.15, 0.2) is 59.1 Å². The predicted molar refractivity (Wildman–Crippen MR) is 103 cm³/mol. The maximum Gasteiger partial charge on any atom is 0.238 e. The molecule has 2 aromatic carbocycles. The SMILES string of the molecule is C[C@@H](C(=O)NCc1ccccc1)N(C)CC(=O)Nc1ccccc1Br. The number of benzene rings is 2. The molecule has 0 aromatic heterocycles. The minimum atomic E-state index is -0.409. The Morgan fingerprint density at radius 2 is 1.72 bits per heavy atom. The zero-order chi connectivity index (χ0) is 18.2. The molecule has 2 rings (SSSR count). The van der Waals surface area contributed by atoms with Crippen LogP contribution in [-0.4, -0.2) is 36.3 Å². The molecule has 2 aromatic rings. The van der Waals surface area contributed by atoms with Gasteiger partial charge in [-0.15, -0.1) is 0 Å². The van der Waals surface area contributed by atoms with Gasteiger partial charge in [-0.3, -0.25) is 14.5 Å². The van der Waals surface area contributed by atoms with E-state index in [1.54, 1.807) is 18.9 Å². The first-order valence-corrected chi connectivity index (χ1v) is 8.83. The van der Waals surface area contributed by atoms with Crippen LogP contribution in [-0.2, 0) is 16.1 Å². The summed E-state index contributed by atoms with van der Waals surface area (Å²) in [6.45, 7) is 2.38. The van der Waals surface area contributed by atoms with E-state index < -0.39 is 6.04 Å². The molecule has 0 radical (unpaired) electrons. The highest BCUT2D eigenvalue weighted by Crippen LogP contribution is 2.21. The average Bonchev–Trinajstić information content (AvgIpc) is 2.61. The fourth-order valence-corrected chi connectivity index (χ4v) is 2.63. The summed E-state index contributed by atoms with van der Waals surface area (Å²) in [5, 5.41) is 5.73. The fraction of sp³-hybridized carbons (Fsp3) is 0.263. The number of hydrogen-bond acceptors (Lipinski definition) is 3. The number of para-hydroxylation sites is 1. The van der Waals surface area contributed by atoms with Crippen molar-refractivity contribution >= 4 is 33.4 Å². The Balaban J connectivity index is 1.82. The van der Waals surface area contributed by atoms with E-state index in [9.17, 15) is 9.59 Å². The molecule has 2 N–H and O–H groups in total. The Labute approximate surface area is 156 Å². The molecule has 0 unspecified atom stereocenters. The first kappa shape index (κ1) is 19.1. The average molecular weight is 404 g/mol. The van der Waals surface area contributed by atoms with Crippen LogP contribution in [0.4, 0.5) is 5.69 Å². The lowest BCUT2D eigenvalue weighted by atomic mass is 10.2. The third-order valence-electron chi connectivity index (χ3n) is 3.89. The lowest BCUT2D eigenvalue weighted by Gasteiger charge is -2.23. The van der Waals surface area contributed by atoms with Crippen molar-refractivity contribution in [3.8, 4) is 0 Å². The van der Waals surface area contributed by atoms with E-state index in [4.69, 9.17) is 0 Å². The van der Waals surface area contributed by atoms with Gasteiger partial charge in [0.05, 0.1) is 18.3 Å². The molecular weight excluding hydrogens is 382 g/mol. The molecule has 0 bridgehead atoms. The van der Waals surface area contributed by atoms with Crippen LogP contribution in [0.5, 0.6) is 0 Å². The normalized spacial score (nSPS) is 11.8. The molecule has 6 heteroatoms. The summed E-state index contributed by atoms with van der Waals surface area (Å²) in [5.74, 6) is -0.280. The van der Waals surface area contributed by atoms with Gasteiger partial charge in [0.1, 0.15) is 0 Å². The highest BCUT2D eigenvalue weighted by molar-refractivity contribution is 9.10. The Morgan fingerprint density at radius 1 is 1.08 bits per heavy atom. The number of carbonyl (C=O) groups excluding carboxylic acids is 2. The number of likely N-dealkylation sites (N-methyl/N-ethyl adjacent to an activating group) is 1. The number of amides is 2. The molecule has 0 aliphatic rings. The second-order valence-electron chi connectivity index (χ2n) is 5.82. The Morgan fingerprint density at radius 3 is 2.40 bits per heavy atom. The summed E-state index contributed by atoms with van der Waals surface area (Å²) in [6.07, 6.45) is 0. The van der Waals surface area contributed by atoms with Crippen molar-refractivity contribution in [2.45, 2.75) is 19.5 Å². The second-order valence-corrected chi connectivity index (χ2v) is 6.68. The predicted octanol–water partition coefficient (Wildman–Crippen LogP) is 3.02. The number of nitrogens with zero attached hydrogens (tertiary/aromatic N) is 1. The van der Waals surface area contributed by atoms with Gasteiger partial charge in [-0.1, -0.05) is 42.5 Å². The fourth-order valence-electron chi connectivity index (χ4n) is 2.25. The van der Waals surface area contributed by atoms with Gasteiger partial charge < -0.3 is 10.6 Å². The van der Waals surface area contributed by atoms with Crippen molar-refractivity contribution < 1.29 is 9.59 Å². The molecule has 25 heavy (non-hydrogen) atoms. The minimum absolute atomic E-state index is 0.111. The van der Waals surface area contributed by atoms with Gasteiger partial charge in [0.25, 0.3) is 0 Å². The first-order valence-electron chi connectivity index (χ1n) is 8.03. The zero-order valence-electron chi connectivity index (χ0n) is 14.3. The van der Waals surface area contributed by atoms with E-state index in [1.807, 2.05) is 54.6 Å². The van der Waals surface area contributed by atoms with Crippen molar-refractivity contribution in [3.63, 3.8) is 0 Å². The molecule has 0 saturated carbocycles. The maximum absolute atomic E-state index is 12.3. The number of rotatable bonds is 7. The van der Waals surface area contributed by atoms with Crippen LogP contribution in [0.25, 0.3) is 0 Å². The number of carbonyl (C=O) groups is 2. The molecule has 0 aliphatic heterocycles. The van der Waals surface area contributed by atoms with Crippen LogP contribution in [0.2, 0.25) is 0 Å². The summed E-state index contributed by atoms with van der Waals surface area (Å²) < 4.78 is 0.819. The standard InChI is InChI=1S/C19H22BrN3O2/c1-14(19(25)21-12-15-8-4-3-5-9-15)23(2)13-18(24)22-17-11-7-6-10-16(17)20/h3-11,14H,12-13H2,1-2H3,(H,21,25)(H,22,24)/t14-/m0/s1. The minimum Gasteiger partial charge on any atom is -0.351 e. The van der Waals surface area contributed by atoms with Gasteiger partial charge in [-0.2, -0.15) is 0 Å². The number of anilines is 1. The Kier molecular flexibility index (Phi) is 7.16. The van der Waals surface area contributed by atoms with Crippen LogP contribution < -0.4 is 10.6 Å². The Hall–Kier alpha value is -2.18. The molecule has 0 saturated heterocycles. The Bertz CT molecular complexity index is 722. The molecule has 0 spiro atoms. The number of halogens is 1. The zero-order valence-corrected chi connectivity index (χ0v) is 15.9. The van der Waals surface area contributed by atoms with E-state index in [-0.39, 0.29) is 18.4 Å². The highest BCUT2D eigenvalue weighted by Gasteiger charge is 2.20. The van der Waals surface area contributed by atoms with Crippen molar-refractivity contribution in [1.29, 1.82) is 0 Å². The van der Waals surface area contributed by atoms with Crippen molar-refractivity contribution in [1.82, 2.24) is 10.2 Å². The highest BCUT2D eigenvalue weighted by atomic mass is 79.9. The first-order chi connectivity index (χ1) is 12.0. The van der Waals surface area contributed by atoms with E-state index in [2.05, 4.69) is 26.6 Å². The van der Waals surface area contributed by atoms with Crippen LogP contribution in [0, 0.1) is 0 Å². The van der Waals surface area contributed by atoms with Crippen LogP contribution in [0.1, 0.15) is 12.5 Å². The van der Waals surface area contributed by atoms with Gasteiger partial charge >= 0.3 is 0 Å². The van der Waals surface area contributed by atoms with E-state index in [1.165, 1.54) is 0 Å². The largest absolute Gasteiger partial charge is 0.351 e. The van der Waals surface area contributed by atoms with E-state index in [0.29, 0.717) is 12.2 Å². The van der Waals surface area contributed by atoms with E-state index in [0.717, 1.165) is 10.0 Å². The van der Waals surface area contributed by atoms with Gasteiger partial charge in [-0.05, 0) is 47.6 Å². The number of hydrogen-bond donors (Lipinski definition) is 2. The summed E-state index contributed by atoms with van der Waals surface area (Å²) in [4.78, 5) is 26.2. The molecule has 5 nitrogen and oxygen atoms in total. The lowest BCUT2D eigenvalue weighted by Crippen LogP contribution is -2.45. The molecule has 0 fully saturated rings. The smallest absolute Gasteiger partial charge is 0.238 e. The third kappa shape index (κ3) is 5.99. The molecule has 2 amide bonds.